The summed E-state index contributed by atoms with van der Waals surface area (Å²) in [5.41, 5.74) is 1.14. The average molecular weight is 592 g/mol. The summed E-state index contributed by atoms with van der Waals surface area (Å²) >= 11 is 6.38. The molecule has 0 aliphatic rings. The van der Waals surface area contributed by atoms with E-state index in [-0.39, 0.29) is 34.5 Å². The topological polar surface area (TPSA) is 63.7 Å². The lowest BCUT2D eigenvalue weighted by molar-refractivity contribution is 0.391. The molecule has 1 aromatic heterocycles. The molecule has 212 valence electrons. The molecule has 40 heavy (non-hydrogen) atoms. The van der Waals surface area contributed by atoms with Gasteiger partial charge in [0, 0.05) is 23.7 Å². The first-order chi connectivity index (χ1) is 19.3. The van der Waals surface area contributed by atoms with Gasteiger partial charge in [0.05, 0.1) is 36.4 Å². The summed E-state index contributed by atoms with van der Waals surface area (Å²) in [6, 6.07) is 17.5. The first-order valence-electron chi connectivity index (χ1n) is 12.3. The van der Waals surface area contributed by atoms with E-state index in [4.69, 9.17) is 21.1 Å². The predicted molar refractivity (Wildman–Crippen MR) is 153 cm³/mol. The Labute approximate surface area is 239 Å². The Bertz CT molecular complexity index is 1480. The lowest BCUT2D eigenvalue weighted by Gasteiger charge is -2.24. The summed E-state index contributed by atoms with van der Waals surface area (Å²) in [6.45, 7) is 3.99. The molecule has 0 saturated heterocycles. The lowest BCUT2D eigenvalue weighted by Crippen LogP contribution is -2.27. The largest absolute Gasteiger partial charge is 0.497 e. The standard InChI is InChI=1S/C27H23ClF3N3O3S.C2H6/c1-36-19-11-10-18(24(12-19)37-2)16-34(27-9-5-8-26(31)33-27)38(35)25-13-20(28)23(14-22(25)30)32-15-17-6-3-4-7-21(17)29;1-2/h3-14,32H,15-16H2,1-2H3;1-2H3. The fraction of sp³-hybridized carbons (Fsp3) is 0.207. The van der Waals surface area contributed by atoms with Gasteiger partial charge in [0.2, 0.25) is 5.95 Å². The minimum atomic E-state index is -2.20. The van der Waals surface area contributed by atoms with Gasteiger partial charge in [-0.15, -0.1) is 0 Å². The van der Waals surface area contributed by atoms with E-state index in [2.05, 4.69) is 10.3 Å². The molecule has 0 saturated carbocycles. The minimum absolute atomic E-state index is 0.0125. The molecule has 4 aromatic rings. The van der Waals surface area contributed by atoms with E-state index < -0.39 is 28.6 Å². The molecular weight excluding hydrogens is 563 g/mol. The van der Waals surface area contributed by atoms with E-state index in [0.29, 0.717) is 22.6 Å². The van der Waals surface area contributed by atoms with Crippen LogP contribution in [0.1, 0.15) is 25.0 Å². The molecular formula is C29H29ClF3N3O3S. The second-order valence-corrected chi connectivity index (χ2v) is 9.78. The van der Waals surface area contributed by atoms with Crippen molar-refractivity contribution >= 4 is 34.1 Å². The Kier molecular flexibility index (Phi) is 11.2. The Morgan fingerprint density at radius 3 is 2.33 bits per heavy atom. The van der Waals surface area contributed by atoms with Crippen molar-refractivity contribution < 1.29 is 26.9 Å². The molecule has 11 heteroatoms. The molecule has 1 N–H and O–H groups in total. The van der Waals surface area contributed by atoms with Gasteiger partial charge in [-0.05, 0) is 42.5 Å². The third-order valence-electron chi connectivity index (χ3n) is 5.60. The van der Waals surface area contributed by atoms with Crippen LogP contribution in [0, 0.1) is 17.6 Å². The van der Waals surface area contributed by atoms with E-state index in [0.717, 1.165) is 12.1 Å². The van der Waals surface area contributed by atoms with Crippen LogP contribution in [0.25, 0.3) is 0 Å². The summed E-state index contributed by atoms with van der Waals surface area (Å²) in [7, 11) is 0.771. The maximum absolute atomic E-state index is 15.3. The van der Waals surface area contributed by atoms with Crippen molar-refractivity contribution in [3.8, 4) is 11.5 Å². The maximum atomic E-state index is 15.3. The molecule has 3 aromatic carbocycles. The zero-order valence-corrected chi connectivity index (χ0v) is 24.0. The average Bonchev–Trinajstić information content (AvgIpc) is 2.97. The van der Waals surface area contributed by atoms with Gasteiger partial charge in [0.1, 0.15) is 29.0 Å². The second kappa shape index (κ2) is 14.6. The van der Waals surface area contributed by atoms with Crippen LogP contribution >= 0.6 is 11.6 Å². The Morgan fingerprint density at radius 2 is 1.65 bits per heavy atom. The number of hydrogen-bond acceptors (Lipinski definition) is 5. The number of nitrogens with zero attached hydrogens (tertiary/aromatic N) is 2. The second-order valence-electron chi connectivity index (χ2n) is 7.99. The third-order valence-corrected chi connectivity index (χ3v) is 7.32. The number of ether oxygens (including phenoxy) is 2. The lowest BCUT2D eigenvalue weighted by atomic mass is 10.2. The highest BCUT2D eigenvalue weighted by molar-refractivity contribution is 7.86. The molecule has 1 heterocycles. The molecule has 1 atom stereocenters. The predicted octanol–water partition coefficient (Wildman–Crippen LogP) is 7.54. The van der Waals surface area contributed by atoms with Crippen molar-refractivity contribution in [1.29, 1.82) is 0 Å². The Balaban J connectivity index is 0.00000216. The number of aromatic nitrogens is 1. The maximum Gasteiger partial charge on any atom is 0.214 e. The first kappa shape index (κ1) is 30.8. The smallest absolute Gasteiger partial charge is 0.214 e. The van der Waals surface area contributed by atoms with Crippen molar-refractivity contribution in [3.63, 3.8) is 0 Å². The van der Waals surface area contributed by atoms with Crippen LogP contribution in [0.4, 0.5) is 24.7 Å². The minimum Gasteiger partial charge on any atom is -0.497 e. The molecule has 6 nitrogen and oxygen atoms in total. The number of nitrogens with one attached hydrogen (secondary N) is 1. The number of rotatable bonds is 10. The number of pyridine rings is 1. The molecule has 0 radical (unpaired) electrons. The van der Waals surface area contributed by atoms with Crippen LogP contribution < -0.4 is 19.1 Å². The Hall–Kier alpha value is -3.76. The summed E-state index contributed by atoms with van der Waals surface area (Å²) in [6.07, 6.45) is 0. The van der Waals surface area contributed by atoms with E-state index in [1.54, 1.807) is 36.4 Å². The van der Waals surface area contributed by atoms with Gasteiger partial charge in [-0.1, -0.05) is 49.7 Å². The molecule has 0 spiro atoms. The molecule has 1 unspecified atom stereocenters. The molecule has 0 aliphatic carbocycles. The molecule has 4 rings (SSSR count). The molecule has 0 bridgehead atoms. The Morgan fingerprint density at radius 1 is 0.900 bits per heavy atom. The van der Waals surface area contributed by atoms with Crippen molar-refractivity contribution in [2.45, 2.75) is 31.8 Å². The summed E-state index contributed by atoms with van der Waals surface area (Å²) in [4.78, 5) is 3.60. The van der Waals surface area contributed by atoms with E-state index in [1.807, 2.05) is 13.8 Å². The van der Waals surface area contributed by atoms with E-state index in [1.165, 1.54) is 42.8 Å². The fourth-order valence-electron chi connectivity index (χ4n) is 3.65. The highest BCUT2D eigenvalue weighted by Crippen LogP contribution is 2.33. The van der Waals surface area contributed by atoms with Gasteiger partial charge < -0.3 is 14.8 Å². The summed E-state index contributed by atoms with van der Waals surface area (Å²) < 4.78 is 68.9. The van der Waals surface area contributed by atoms with Crippen molar-refractivity contribution in [2.75, 3.05) is 23.8 Å². The summed E-state index contributed by atoms with van der Waals surface area (Å²) in [5.74, 6) is -1.06. The zero-order valence-electron chi connectivity index (χ0n) is 22.4. The number of benzene rings is 3. The monoisotopic (exact) mass is 591 g/mol. The van der Waals surface area contributed by atoms with Crippen LogP contribution in [0.2, 0.25) is 5.02 Å². The van der Waals surface area contributed by atoms with Crippen LogP contribution in [0.3, 0.4) is 0 Å². The molecule has 0 amide bonds. The quantitative estimate of drug-likeness (QED) is 0.193. The first-order valence-corrected chi connectivity index (χ1v) is 13.8. The normalized spacial score (nSPS) is 11.2. The third kappa shape index (κ3) is 7.45. The fourth-order valence-corrected chi connectivity index (χ4v) is 5.15. The van der Waals surface area contributed by atoms with Crippen molar-refractivity contribution in [1.82, 2.24) is 4.98 Å². The van der Waals surface area contributed by atoms with Gasteiger partial charge in [0.25, 0.3) is 0 Å². The van der Waals surface area contributed by atoms with Crippen LogP contribution in [-0.2, 0) is 24.1 Å². The van der Waals surface area contributed by atoms with Crippen LogP contribution in [0.5, 0.6) is 11.5 Å². The van der Waals surface area contributed by atoms with E-state index >= 15 is 4.39 Å². The SMILES string of the molecule is CC.COc1ccc(CN(c2cccc(F)n2)S(=O)c2cc(Cl)c(NCc3ccccc3F)cc2F)c(OC)c1. The number of halogens is 4. The van der Waals surface area contributed by atoms with Crippen LogP contribution in [0.15, 0.2) is 77.7 Å². The van der Waals surface area contributed by atoms with E-state index in [9.17, 15) is 13.0 Å². The zero-order chi connectivity index (χ0) is 29.2. The van der Waals surface area contributed by atoms with Crippen molar-refractivity contribution in [3.05, 3.63) is 107 Å². The number of methoxy groups -OCH3 is 2. The number of anilines is 2. The van der Waals surface area contributed by atoms with Gasteiger partial charge in [0.15, 0.2) is 11.0 Å². The van der Waals surface area contributed by atoms with Crippen molar-refractivity contribution in [2.24, 2.45) is 0 Å². The van der Waals surface area contributed by atoms with Gasteiger partial charge in [-0.2, -0.15) is 4.39 Å². The van der Waals surface area contributed by atoms with Gasteiger partial charge in [-0.25, -0.2) is 18.0 Å². The van der Waals surface area contributed by atoms with Crippen LogP contribution in [-0.4, -0.2) is 23.4 Å². The molecule has 0 aliphatic heterocycles. The van der Waals surface area contributed by atoms with Gasteiger partial charge in [-0.3, -0.25) is 4.31 Å². The molecule has 0 fully saturated rings. The number of hydrogen-bond donors (Lipinski definition) is 1. The summed E-state index contributed by atoms with van der Waals surface area (Å²) in [5, 5.41) is 2.97. The highest BCUT2D eigenvalue weighted by atomic mass is 35.5. The van der Waals surface area contributed by atoms with Gasteiger partial charge >= 0.3 is 0 Å². The highest BCUT2D eigenvalue weighted by Gasteiger charge is 2.24.